The highest BCUT2D eigenvalue weighted by Gasteiger charge is 2.14. The highest BCUT2D eigenvalue weighted by Crippen LogP contribution is 2.16. The molecule has 1 aliphatic rings. The van der Waals surface area contributed by atoms with Crippen molar-refractivity contribution in [3.63, 3.8) is 0 Å². The number of aryl methyl sites for hydroxylation is 1. The normalized spacial score (nSPS) is 17.0. The minimum atomic E-state index is 0.836. The molecule has 86 valence electrons. The van der Waals surface area contributed by atoms with Crippen molar-refractivity contribution >= 4 is 0 Å². The number of rotatable bonds is 2. The lowest BCUT2D eigenvalue weighted by Gasteiger charge is -2.22. The van der Waals surface area contributed by atoms with Gasteiger partial charge in [-0.05, 0) is 31.8 Å². The standard InChI is InChI=1S/C10H17N3.C2H6/c1-13-7-6-12-10(13)8-9-2-4-11-5-3-9;1-2/h6-7,9,11H,2-5,8H2,1H3;1-2H3. The van der Waals surface area contributed by atoms with Gasteiger partial charge in [-0.25, -0.2) is 4.98 Å². The molecule has 0 radical (unpaired) electrons. The Kier molecular flexibility index (Phi) is 5.40. The third-order valence-corrected chi connectivity index (χ3v) is 2.85. The Hall–Kier alpha value is -0.830. The van der Waals surface area contributed by atoms with E-state index in [1.165, 1.54) is 31.8 Å². The molecular formula is C12H23N3. The summed E-state index contributed by atoms with van der Waals surface area (Å²) in [4.78, 5) is 4.35. The topological polar surface area (TPSA) is 29.9 Å². The number of piperidine rings is 1. The average Bonchev–Trinajstić information content (AvgIpc) is 2.69. The zero-order valence-corrected chi connectivity index (χ0v) is 10.2. The van der Waals surface area contributed by atoms with Gasteiger partial charge in [0.2, 0.25) is 0 Å². The first-order chi connectivity index (χ1) is 7.36. The number of hydrogen-bond acceptors (Lipinski definition) is 2. The maximum Gasteiger partial charge on any atom is 0.108 e. The Labute approximate surface area is 92.9 Å². The van der Waals surface area contributed by atoms with Crippen molar-refractivity contribution in [1.29, 1.82) is 0 Å². The summed E-state index contributed by atoms with van der Waals surface area (Å²) in [5.41, 5.74) is 0. The average molecular weight is 209 g/mol. The van der Waals surface area contributed by atoms with Gasteiger partial charge in [-0.1, -0.05) is 13.8 Å². The summed E-state index contributed by atoms with van der Waals surface area (Å²) >= 11 is 0. The lowest BCUT2D eigenvalue weighted by Crippen LogP contribution is -2.29. The van der Waals surface area contributed by atoms with Gasteiger partial charge in [0.25, 0.3) is 0 Å². The molecule has 1 fully saturated rings. The van der Waals surface area contributed by atoms with Crippen LogP contribution in [0.5, 0.6) is 0 Å². The van der Waals surface area contributed by atoms with Crippen molar-refractivity contribution in [1.82, 2.24) is 14.9 Å². The summed E-state index contributed by atoms with van der Waals surface area (Å²) in [5.74, 6) is 2.06. The van der Waals surface area contributed by atoms with Gasteiger partial charge in [-0.3, -0.25) is 0 Å². The van der Waals surface area contributed by atoms with Crippen LogP contribution in [-0.4, -0.2) is 22.6 Å². The molecule has 1 saturated heterocycles. The van der Waals surface area contributed by atoms with Gasteiger partial charge >= 0.3 is 0 Å². The van der Waals surface area contributed by atoms with E-state index in [2.05, 4.69) is 21.9 Å². The summed E-state index contributed by atoms with van der Waals surface area (Å²) in [6.07, 6.45) is 7.65. The molecule has 0 aromatic carbocycles. The number of nitrogens with one attached hydrogen (secondary N) is 1. The van der Waals surface area contributed by atoms with Gasteiger partial charge in [0, 0.05) is 25.9 Å². The molecule has 1 aliphatic heterocycles. The lowest BCUT2D eigenvalue weighted by molar-refractivity contribution is 0.364. The highest BCUT2D eigenvalue weighted by molar-refractivity contribution is 4.93. The fraction of sp³-hybridized carbons (Fsp3) is 0.750. The lowest BCUT2D eigenvalue weighted by atomic mass is 9.94. The van der Waals surface area contributed by atoms with Crippen LogP contribution in [-0.2, 0) is 13.5 Å². The van der Waals surface area contributed by atoms with E-state index in [-0.39, 0.29) is 0 Å². The van der Waals surface area contributed by atoms with Gasteiger partial charge in [-0.2, -0.15) is 0 Å². The number of hydrogen-bond donors (Lipinski definition) is 1. The summed E-state index contributed by atoms with van der Waals surface area (Å²) in [5, 5.41) is 3.38. The fourth-order valence-corrected chi connectivity index (χ4v) is 1.94. The van der Waals surface area contributed by atoms with Crippen molar-refractivity contribution < 1.29 is 0 Å². The van der Waals surface area contributed by atoms with E-state index < -0.39 is 0 Å². The molecule has 0 atom stereocenters. The van der Waals surface area contributed by atoms with Gasteiger partial charge in [-0.15, -0.1) is 0 Å². The van der Waals surface area contributed by atoms with E-state index in [1.807, 2.05) is 26.2 Å². The van der Waals surface area contributed by atoms with E-state index in [4.69, 9.17) is 0 Å². The molecule has 0 unspecified atom stereocenters. The van der Waals surface area contributed by atoms with Crippen LogP contribution < -0.4 is 5.32 Å². The number of nitrogens with zero attached hydrogens (tertiary/aromatic N) is 2. The minimum Gasteiger partial charge on any atom is -0.338 e. The summed E-state index contributed by atoms with van der Waals surface area (Å²) in [6, 6.07) is 0. The van der Waals surface area contributed by atoms with Crippen LogP contribution in [0.25, 0.3) is 0 Å². The molecule has 0 saturated carbocycles. The van der Waals surface area contributed by atoms with Crippen molar-refractivity contribution in [3.05, 3.63) is 18.2 Å². The van der Waals surface area contributed by atoms with E-state index in [1.54, 1.807) is 0 Å². The van der Waals surface area contributed by atoms with Crippen LogP contribution in [0.1, 0.15) is 32.5 Å². The molecule has 0 amide bonds. The first kappa shape index (κ1) is 12.2. The molecule has 3 heteroatoms. The SMILES string of the molecule is CC.Cn1ccnc1CC1CCNCC1. The van der Waals surface area contributed by atoms with Crippen LogP contribution >= 0.6 is 0 Å². The Morgan fingerprint density at radius 3 is 2.60 bits per heavy atom. The monoisotopic (exact) mass is 209 g/mol. The smallest absolute Gasteiger partial charge is 0.108 e. The van der Waals surface area contributed by atoms with Crippen LogP contribution in [0.4, 0.5) is 0 Å². The van der Waals surface area contributed by atoms with Crippen LogP contribution in [0.3, 0.4) is 0 Å². The van der Waals surface area contributed by atoms with Crippen molar-refractivity contribution in [2.45, 2.75) is 33.1 Å². The second-order valence-corrected chi connectivity index (χ2v) is 3.85. The predicted octanol–water partition coefficient (Wildman–Crippen LogP) is 1.99. The zero-order chi connectivity index (χ0) is 11.1. The van der Waals surface area contributed by atoms with Crippen LogP contribution in [0.15, 0.2) is 12.4 Å². The van der Waals surface area contributed by atoms with Crippen LogP contribution in [0, 0.1) is 5.92 Å². The van der Waals surface area contributed by atoms with Crippen molar-refractivity contribution in [2.75, 3.05) is 13.1 Å². The largest absolute Gasteiger partial charge is 0.338 e. The molecule has 0 bridgehead atoms. The fourth-order valence-electron chi connectivity index (χ4n) is 1.94. The molecule has 1 aromatic heterocycles. The van der Waals surface area contributed by atoms with Crippen molar-refractivity contribution in [3.8, 4) is 0 Å². The first-order valence-corrected chi connectivity index (χ1v) is 6.03. The van der Waals surface area contributed by atoms with Gasteiger partial charge in [0.1, 0.15) is 5.82 Å². The summed E-state index contributed by atoms with van der Waals surface area (Å²) < 4.78 is 2.13. The second kappa shape index (κ2) is 6.62. The third kappa shape index (κ3) is 3.67. The molecule has 2 rings (SSSR count). The molecule has 1 N–H and O–H groups in total. The van der Waals surface area contributed by atoms with E-state index in [0.29, 0.717) is 0 Å². The molecular weight excluding hydrogens is 186 g/mol. The molecule has 0 spiro atoms. The predicted molar refractivity (Wildman–Crippen MR) is 63.9 cm³/mol. The van der Waals surface area contributed by atoms with E-state index in [0.717, 1.165) is 12.3 Å². The van der Waals surface area contributed by atoms with Crippen LogP contribution in [0.2, 0.25) is 0 Å². The second-order valence-electron chi connectivity index (χ2n) is 3.85. The van der Waals surface area contributed by atoms with Gasteiger partial charge in [0.15, 0.2) is 0 Å². The summed E-state index contributed by atoms with van der Waals surface area (Å²) in [7, 11) is 2.07. The number of aromatic nitrogens is 2. The zero-order valence-electron chi connectivity index (χ0n) is 10.2. The minimum absolute atomic E-state index is 0.836. The first-order valence-electron chi connectivity index (χ1n) is 6.03. The maximum atomic E-state index is 4.35. The Balaban J connectivity index is 0.000000531. The van der Waals surface area contributed by atoms with Gasteiger partial charge in [0.05, 0.1) is 0 Å². The molecule has 3 nitrogen and oxygen atoms in total. The van der Waals surface area contributed by atoms with Gasteiger partial charge < -0.3 is 9.88 Å². The quantitative estimate of drug-likeness (QED) is 0.807. The Morgan fingerprint density at radius 2 is 2.07 bits per heavy atom. The van der Waals surface area contributed by atoms with Crippen molar-refractivity contribution in [2.24, 2.45) is 13.0 Å². The molecule has 1 aromatic rings. The Bertz CT molecular complexity index is 262. The van der Waals surface area contributed by atoms with E-state index >= 15 is 0 Å². The summed E-state index contributed by atoms with van der Waals surface area (Å²) in [6.45, 7) is 6.35. The third-order valence-electron chi connectivity index (χ3n) is 2.85. The molecule has 2 heterocycles. The maximum absolute atomic E-state index is 4.35. The molecule has 15 heavy (non-hydrogen) atoms. The number of imidazole rings is 1. The molecule has 0 aliphatic carbocycles. The highest BCUT2D eigenvalue weighted by atomic mass is 15.0. The van der Waals surface area contributed by atoms with E-state index in [9.17, 15) is 0 Å². The Morgan fingerprint density at radius 1 is 1.40 bits per heavy atom.